The molecular formula is C23H36FN3O3S. The van der Waals surface area contributed by atoms with Crippen molar-refractivity contribution in [2.45, 2.75) is 45.3 Å². The third kappa shape index (κ3) is 7.26. The summed E-state index contributed by atoms with van der Waals surface area (Å²) in [6.07, 6.45) is 3.31. The van der Waals surface area contributed by atoms with Crippen LogP contribution in [0.5, 0.6) is 0 Å². The van der Waals surface area contributed by atoms with E-state index in [2.05, 4.69) is 24.1 Å². The SMILES string of the molecule is C[C@H]1C[C@H](C)CN(CCCNC(=O)C2CCN(S(=O)(=O)Cc3ccc(F)cc3)CC2)C1. The van der Waals surface area contributed by atoms with Crippen molar-refractivity contribution in [2.24, 2.45) is 17.8 Å². The third-order valence-corrected chi connectivity index (χ3v) is 8.23. The molecule has 8 heteroatoms. The molecule has 1 aromatic rings. The number of benzene rings is 1. The number of amides is 1. The molecule has 1 amide bonds. The maximum absolute atomic E-state index is 13.0. The van der Waals surface area contributed by atoms with Gasteiger partial charge in [0.2, 0.25) is 15.9 Å². The summed E-state index contributed by atoms with van der Waals surface area (Å²) in [5.41, 5.74) is 0.568. The van der Waals surface area contributed by atoms with E-state index in [1.165, 1.54) is 35.0 Å². The van der Waals surface area contributed by atoms with E-state index in [4.69, 9.17) is 0 Å². The highest BCUT2D eigenvalue weighted by Crippen LogP contribution is 2.23. The van der Waals surface area contributed by atoms with Crippen LogP contribution in [0.3, 0.4) is 0 Å². The summed E-state index contributed by atoms with van der Waals surface area (Å²) < 4.78 is 39.8. The number of carbonyl (C=O) groups is 1. The highest BCUT2D eigenvalue weighted by molar-refractivity contribution is 7.88. The molecular weight excluding hydrogens is 417 g/mol. The summed E-state index contributed by atoms with van der Waals surface area (Å²) in [5.74, 6) is 0.861. The summed E-state index contributed by atoms with van der Waals surface area (Å²) in [6, 6.07) is 5.54. The Morgan fingerprint density at radius 1 is 1.10 bits per heavy atom. The standard InChI is InChI=1S/C23H36FN3O3S/c1-18-14-19(2)16-26(15-18)11-3-10-25-23(28)21-8-12-27(13-9-21)31(29,30)17-20-4-6-22(24)7-5-20/h4-7,18-19,21H,3,8-17H2,1-2H3,(H,25,28)/t18-,19-/m0/s1. The first-order chi connectivity index (χ1) is 14.7. The Labute approximate surface area is 186 Å². The Kier molecular flexibility index (Phi) is 8.47. The van der Waals surface area contributed by atoms with Crippen molar-refractivity contribution in [1.82, 2.24) is 14.5 Å². The zero-order valence-corrected chi connectivity index (χ0v) is 19.5. The molecule has 0 radical (unpaired) electrons. The fourth-order valence-corrected chi connectivity index (χ4v) is 6.48. The number of nitrogens with zero attached hydrogens (tertiary/aromatic N) is 2. The Bertz CT molecular complexity index is 813. The summed E-state index contributed by atoms with van der Waals surface area (Å²) >= 11 is 0. The highest BCUT2D eigenvalue weighted by atomic mass is 32.2. The quantitative estimate of drug-likeness (QED) is 0.615. The molecule has 2 saturated heterocycles. The predicted molar refractivity (Wildman–Crippen MR) is 120 cm³/mol. The minimum Gasteiger partial charge on any atom is -0.356 e. The van der Waals surface area contributed by atoms with E-state index in [0.29, 0.717) is 38.0 Å². The number of hydrogen-bond donors (Lipinski definition) is 1. The van der Waals surface area contributed by atoms with Gasteiger partial charge in [-0.1, -0.05) is 26.0 Å². The molecule has 6 nitrogen and oxygen atoms in total. The molecule has 0 unspecified atom stereocenters. The fourth-order valence-electron chi connectivity index (χ4n) is 4.91. The monoisotopic (exact) mass is 453 g/mol. The molecule has 0 saturated carbocycles. The summed E-state index contributed by atoms with van der Waals surface area (Å²) in [4.78, 5) is 15.0. The van der Waals surface area contributed by atoms with Gasteiger partial charge in [0.15, 0.2) is 0 Å². The fraction of sp³-hybridized carbons (Fsp3) is 0.696. The first-order valence-corrected chi connectivity index (χ1v) is 13.1. The molecule has 0 spiro atoms. The molecule has 2 aliphatic rings. The van der Waals surface area contributed by atoms with E-state index in [1.54, 1.807) is 0 Å². The van der Waals surface area contributed by atoms with E-state index >= 15 is 0 Å². The lowest BCUT2D eigenvalue weighted by Gasteiger charge is -2.35. The van der Waals surface area contributed by atoms with Crippen LogP contribution in [-0.2, 0) is 20.6 Å². The van der Waals surface area contributed by atoms with Gasteiger partial charge >= 0.3 is 0 Å². The van der Waals surface area contributed by atoms with E-state index in [1.807, 2.05) is 0 Å². The van der Waals surface area contributed by atoms with Crippen LogP contribution < -0.4 is 5.32 Å². The summed E-state index contributed by atoms with van der Waals surface area (Å²) in [6.45, 7) is 9.27. The van der Waals surface area contributed by atoms with Crippen molar-refractivity contribution >= 4 is 15.9 Å². The molecule has 0 aromatic heterocycles. The minimum absolute atomic E-state index is 0.0379. The van der Waals surface area contributed by atoms with Crippen LogP contribution in [0.2, 0.25) is 0 Å². The van der Waals surface area contributed by atoms with E-state index in [-0.39, 0.29) is 23.4 Å². The highest BCUT2D eigenvalue weighted by Gasteiger charge is 2.31. The van der Waals surface area contributed by atoms with Gasteiger partial charge in [-0.05, 0) is 61.8 Å². The second-order valence-corrected chi connectivity index (χ2v) is 11.4. The lowest BCUT2D eigenvalue weighted by Crippen LogP contribution is -2.44. The van der Waals surface area contributed by atoms with Gasteiger partial charge in [-0.15, -0.1) is 0 Å². The zero-order valence-electron chi connectivity index (χ0n) is 18.7. The number of piperidine rings is 2. The molecule has 2 atom stereocenters. The van der Waals surface area contributed by atoms with Crippen LogP contribution in [-0.4, -0.2) is 62.8 Å². The van der Waals surface area contributed by atoms with Crippen LogP contribution in [0.1, 0.15) is 45.1 Å². The van der Waals surface area contributed by atoms with Gasteiger partial charge in [0.05, 0.1) is 5.75 Å². The maximum atomic E-state index is 13.0. The minimum atomic E-state index is -3.47. The van der Waals surface area contributed by atoms with Gasteiger partial charge in [0.1, 0.15) is 5.82 Å². The number of halogens is 1. The second-order valence-electron chi connectivity index (χ2n) is 9.41. The number of nitrogens with one attached hydrogen (secondary N) is 1. The largest absolute Gasteiger partial charge is 0.356 e. The van der Waals surface area contributed by atoms with Crippen LogP contribution in [0.25, 0.3) is 0 Å². The Balaban J connectivity index is 1.36. The predicted octanol–water partition coefficient (Wildman–Crippen LogP) is 2.85. The molecule has 2 heterocycles. The molecule has 31 heavy (non-hydrogen) atoms. The van der Waals surface area contributed by atoms with E-state index in [9.17, 15) is 17.6 Å². The molecule has 2 fully saturated rings. The van der Waals surface area contributed by atoms with Crippen molar-refractivity contribution in [3.05, 3.63) is 35.6 Å². The number of hydrogen-bond acceptors (Lipinski definition) is 4. The van der Waals surface area contributed by atoms with Crippen molar-refractivity contribution < 1.29 is 17.6 Å². The van der Waals surface area contributed by atoms with Gasteiger partial charge in [-0.2, -0.15) is 0 Å². The number of carbonyl (C=O) groups excluding carboxylic acids is 1. The zero-order chi connectivity index (χ0) is 22.4. The first-order valence-electron chi connectivity index (χ1n) is 11.5. The van der Waals surface area contributed by atoms with Gasteiger partial charge in [0.25, 0.3) is 0 Å². The molecule has 0 aliphatic carbocycles. The van der Waals surface area contributed by atoms with Crippen molar-refractivity contribution in [2.75, 3.05) is 39.3 Å². The molecule has 1 N–H and O–H groups in total. The van der Waals surface area contributed by atoms with Crippen molar-refractivity contribution in [1.29, 1.82) is 0 Å². The average Bonchev–Trinajstić information content (AvgIpc) is 2.72. The van der Waals surface area contributed by atoms with Crippen LogP contribution >= 0.6 is 0 Å². The molecule has 3 rings (SSSR count). The number of sulfonamides is 1. The van der Waals surface area contributed by atoms with E-state index in [0.717, 1.165) is 37.9 Å². The average molecular weight is 454 g/mol. The Morgan fingerprint density at radius 2 is 1.71 bits per heavy atom. The molecule has 174 valence electrons. The van der Waals surface area contributed by atoms with Crippen LogP contribution in [0.4, 0.5) is 4.39 Å². The summed E-state index contributed by atoms with van der Waals surface area (Å²) in [5, 5.41) is 3.04. The van der Waals surface area contributed by atoms with Gasteiger partial charge in [-0.3, -0.25) is 4.79 Å². The van der Waals surface area contributed by atoms with E-state index < -0.39 is 10.0 Å². The normalized spacial score (nSPS) is 24.2. The molecule has 2 aliphatic heterocycles. The summed E-state index contributed by atoms with van der Waals surface area (Å²) in [7, 11) is -3.47. The lowest BCUT2D eigenvalue weighted by atomic mass is 9.92. The molecule has 0 bridgehead atoms. The van der Waals surface area contributed by atoms with Crippen LogP contribution in [0, 0.1) is 23.6 Å². The smallest absolute Gasteiger partial charge is 0.223 e. The van der Waals surface area contributed by atoms with Gasteiger partial charge < -0.3 is 10.2 Å². The lowest BCUT2D eigenvalue weighted by molar-refractivity contribution is -0.126. The number of likely N-dealkylation sites (tertiary alicyclic amines) is 1. The molecule has 1 aromatic carbocycles. The number of rotatable bonds is 8. The third-order valence-electron chi connectivity index (χ3n) is 6.38. The Hall–Kier alpha value is -1.51. The van der Waals surface area contributed by atoms with Gasteiger partial charge in [-0.25, -0.2) is 17.1 Å². The van der Waals surface area contributed by atoms with Crippen molar-refractivity contribution in [3.63, 3.8) is 0 Å². The van der Waals surface area contributed by atoms with Crippen LogP contribution in [0.15, 0.2) is 24.3 Å². The topological polar surface area (TPSA) is 69.7 Å². The Morgan fingerprint density at radius 3 is 2.32 bits per heavy atom. The van der Waals surface area contributed by atoms with Gasteiger partial charge in [0, 0.05) is 38.6 Å². The van der Waals surface area contributed by atoms with Crippen molar-refractivity contribution in [3.8, 4) is 0 Å². The second kappa shape index (κ2) is 10.9. The first kappa shape index (κ1) is 24.1. The maximum Gasteiger partial charge on any atom is 0.223 e.